The number of nitrogens with one attached hydrogen (secondary N) is 1. The Morgan fingerprint density at radius 3 is 2.68 bits per heavy atom. The van der Waals surface area contributed by atoms with Crippen LogP contribution in [0.15, 0.2) is 18.2 Å². The molecule has 19 heavy (non-hydrogen) atoms. The molecule has 0 aliphatic rings. The Kier molecular flexibility index (Phi) is 5.63. The van der Waals surface area contributed by atoms with Gasteiger partial charge >= 0.3 is 0 Å². The highest BCUT2D eigenvalue weighted by molar-refractivity contribution is 5.94. The van der Waals surface area contributed by atoms with Crippen molar-refractivity contribution in [2.75, 3.05) is 31.8 Å². The molecule has 1 aromatic rings. The van der Waals surface area contributed by atoms with E-state index in [-0.39, 0.29) is 5.91 Å². The maximum absolute atomic E-state index is 11.8. The van der Waals surface area contributed by atoms with Crippen molar-refractivity contribution < 1.29 is 9.53 Å². The van der Waals surface area contributed by atoms with Crippen LogP contribution in [0.5, 0.6) is 5.75 Å². The number of hydrogen-bond donors (Lipinski definition) is 2. The smallest absolute Gasteiger partial charge is 0.225 e. The molecule has 3 N–H and O–H groups in total. The van der Waals surface area contributed by atoms with E-state index in [4.69, 9.17) is 10.5 Å². The number of amides is 1. The number of rotatable bonds is 6. The van der Waals surface area contributed by atoms with Gasteiger partial charge in [0.2, 0.25) is 5.91 Å². The third-order valence-corrected chi connectivity index (χ3v) is 3.11. The third-order valence-electron chi connectivity index (χ3n) is 3.11. The second kappa shape index (κ2) is 6.99. The minimum atomic E-state index is -0.0376. The van der Waals surface area contributed by atoms with E-state index in [9.17, 15) is 4.79 Å². The van der Waals surface area contributed by atoms with Crippen LogP contribution in [0.3, 0.4) is 0 Å². The topological polar surface area (TPSA) is 67.6 Å². The highest BCUT2D eigenvalue weighted by Gasteiger charge is 2.09. The number of benzene rings is 1. The van der Waals surface area contributed by atoms with E-state index in [0.29, 0.717) is 29.6 Å². The van der Waals surface area contributed by atoms with Gasteiger partial charge in [-0.2, -0.15) is 0 Å². The fourth-order valence-corrected chi connectivity index (χ4v) is 1.53. The lowest BCUT2D eigenvalue weighted by Crippen LogP contribution is -2.30. The van der Waals surface area contributed by atoms with Crippen molar-refractivity contribution in [2.45, 2.75) is 26.3 Å². The Labute approximate surface area is 114 Å². The standard InChI is InChI=1S/C14H23N3O2/c1-10(2)17(3)8-7-14(18)16-13-6-5-11(19-4)9-12(13)15/h5-6,9-10H,7-8,15H2,1-4H3,(H,16,18). The largest absolute Gasteiger partial charge is 0.497 e. The second-order valence-electron chi connectivity index (χ2n) is 4.83. The van der Waals surface area contributed by atoms with Crippen molar-refractivity contribution in [2.24, 2.45) is 0 Å². The molecule has 106 valence electrons. The molecule has 0 saturated carbocycles. The van der Waals surface area contributed by atoms with Crippen molar-refractivity contribution in [3.05, 3.63) is 18.2 Å². The lowest BCUT2D eigenvalue weighted by atomic mass is 10.2. The molecule has 0 heterocycles. The van der Waals surface area contributed by atoms with E-state index in [1.54, 1.807) is 25.3 Å². The van der Waals surface area contributed by atoms with Gasteiger partial charge in [-0.1, -0.05) is 0 Å². The lowest BCUT2D eigenvalue weighted by molar-refractivity contribution is -0.116. The maximum Gasteiger partial charge on any atom is 0.225 e. The highest BCUT2D eigenvalue weighted by Crippen LogP contribution is 2.24. The zero-order valence-electron chi connectivity index (χ0n) is 12.1. The number of methoxy groups -OCH3 is 1. The van der Waals surface area contributed by atoms with Crippen LogP contribution in [0, 0.1) is 0 Å². The predicted molar refractivity (Wildman–Crippen MR) is 78.4 cm³/mol. The minimum absolute atomic E-state index is 0.0376. The van der Waals surface area contributed by atoms with Crippen LogP contribution in [-0.4, -0.2) is 37.6 Å². The molecule has 0 radical (unpaired) electrons. The molecule has 0 fully saturated rings. The first-order valence-electron chi connectivity index (χ1n) is 6.37. The van der Waals surface area contributed by atoms with Crippen LogP contribution in [0.25, 0.3) is 0 Å². The Hall–Kier alpha value is -1.75. The van der Waals surface area contributed by atoms with Gasteiger partial charge < -0.3 is 20.7 Å². The normalized spacial score (nSPS) is 10.8. The number of carbonyl (C=O) groups excluding carboxylic acids is 1. The average molecular weight is 265 g/mol. The van der Waals surface area contributed by atoms with Crippen molar-refractivity contribution in [1.29, 1.82) is 0 Å². The number of nitrogens with two attached hydrogens (primary N) is 1. The molecule has 0 aliphatic heterocycles. The summed E-state index contributed by atoms with van der Waals surface area (Å²) >= 11 is 0. The third kappa shape index (κ3) is 4.79. The van der Waals surface area contributed by atoms with Gasteiger partial charge in [0, 0.05) is 25.1 Å². The van der Waals surface area contributed by atoms with Crippen LogP contribution < -0.4 is 15.8 Å². The number of hydrogen-bond acceptors (Lipinski definition) is 4. The van der Waals surface area contributed by atoms with Crippen LogP contribution >= 0.6 is 0 Å². The summed E-state index contributed by atoms with van der Waals surface area (Å²) in [6.07, 6.45) is 0.445. The number of nitrogen functional groups attached to an aromatic ring is 1. The Morgan fingerprint density at radius 1 is 1.47 bits per heavy atom. The quantitative estimate of drug-likeness (QED) is 0.771. The molecule has 1 rings (SSSR count). The van der Waals surface area contributed by atoms with Crippen LogP contribution in [0.2, 0.25) is 0 Å². The van der Waals surface area contributed by atoms with E-state index in [2.05, 4.69) is 24.1 Å². The Bertz CT molecular complexity index is 433. The maximum atomic E-state index is 11.8. The van der Waals surface area contributed by atoms with Gasteiger partial charge in [-0.25, -0.2) is 0 Å². The van der Waals surface area contributed by atoms with E-state index in [1.807, 2.05) is 7.05 Å². The first-order valence-corrected chi connectivity index (χ1v) is 6.37. The molecule has 0 unspecified atom stereocenters. The number of nitrogens with zero attached hydrogens (tertiary/aromatic N) is 1. The minimum Gasteiger partial charge on any atom is -0.497 e. The van der Waals surface area contributed by atoms with Gasteiger partial charge in [0.25, 0.3) is 0 Å². The van der Waals surface area contributed by atoms with Gasteiger partial charge in [0.05, 0.1) is 18.5 Å². The highest BCUT2D eigenvalue weighted by atomic mass is 16.5. The molecule has 5 heteroatoms. The second-order valence-corrected chi connectivity index (χ2v) is 4.83. The summed E-state index contributed by atoms with van der Waals surface area (Å²) in [5.74, 6) is 0.638. The van der Waals surface area contributed by atoms with Gasteiger partial charge in [0.1, 0.15) is 5.75 Å². The molecule has 1 aromatic carbocycles. The summed E-state index contributed by atoms with van der Waals surface area (Å²) in [6, 6.07) is 5.64. The zero-order valence-corrected chi connectivity index (χ0v) is 12.1. The number of anilines is 2. The molecule has 0 aliphatic carbocycles. The fourth-order valence-electron chi connectivity index (χ4n) is 1.53. The van der Waals surface area contributed by atoms with Crippen molar-refractivity contribution in [3.63, 3.8) is 0 Å². The molecule has 0 atom stereocenters. The van der Waals surface area contributed by atoms with Crippen molar-refractivity contribution in [1.82, 2.24) is 4.90 Å². The van der Waals surface area contributed by atoms with E-state index in [1.165, 1.54) is 0 Å². The summed E-state index contributed by atoms with van der Waals surface area (Å²) in [5, 5.41) is 2.81. The van der Waals surface area contributed by atoms with Crippen LogP contribution in [0.1, 0.15) is 20.3 Å². The fraction of sp³-hybridized carbons (Fsp3) is 0.500. The molecule has 0 bridgehead atoms. The predicted octanol–water partition coefficient (Wildman–Crippen LogP) is 1.95. The summed E-state index contributed by atoms with van der Waals surface area (Å²) in [7, 11) is 3.58. The molecule has 5 nitrogen and oxygen atoms in total. The van der Waals surface area contributed by atoms with Crippen LogP contribution in [0.4, 0.5) is 11.4 Å². The van der Waals surface area contributed by atoms with Crippen LogP contribution in [-0.2, 0) is 4.79 Å². The molecule has 0 saturated heterocycles. The molecular formula is C14H23N3O2. The summed E-state index contributed by atoms with van der Waals surface area (Å²) in [5.41, 5.74) is 6.97. The van der Waals surface area contributed by atoms with Gasteiger partial charge in [-0.15, -0.1) is 0 Å². The molecule has 0 aromatic heterocycles. The first-order chi connectivity index (χ1) is 8.93. The lowest BCUT2D eigenvalue weighted by Gasteiger charge is -2.20. The summed E-state index contributed by atoms with van der Waals surface area (Å²) < 4.78 is 5.06. The zero-order chi connectivity index (χ0) is 14.4. The Morgan fingerprint density at radius 2 is 2.16 bits per heavy atom. The molecule has 1 amide bonds. The SMILES string of the molecule is COc1ccc(NC(=O)CCN(C)C(C)C)c(N)c1. The number of carbonyl (C=O) groups is 1. The van der Waals surface area contributed by atoms with E-state index >= 15 is 0 Å². The van der Waals surface area contributed by atoms with Gasteiger partial charge in [-0.05, 0) is 33.0 Å². The van der Waals surface area contributed by atoms with Gasteiger partial charge in [-0.3, -0.25) is 4.79 Å². The van der Waals surface area contributed by atoms with Crippen molar-refractivity contribution >= 4 is 17.3 Å². The molecule has 0 spiro atoms. The average Bonchev–Trinajstić information content (AvgIpc) is 2.38. The Balaban J connectivity index is 2.53. The van der Waals surface area contributed by atoms with E-state index < -0.39 is 0 Å². The monoisotopic (exact) mass is 265 g/mol. The molecular weight excluding hydrogens is 242 g/mol. The van der Waals surface area contributed by atoms with E-state index in [0.717, 1.165) is 6.54 Å². The summed E-state index contributed by atoms with van der Waals surface area (Å²) in [6.45, 7) is 4.91. The van der Waals surface area contributed by atoms with Crippen molar-refractivity contribution in [3.8, 4) is 5.75 Å². The first kappa shape index (κ1) is 15.3. The number of ether oxygens (including phenoxy) is 1. The summed E-state index contributed by atoms with van der Waals surface area (Å²) in [4.78, 5) is 13.9. The van der Waals surface area contributed by atoms with Gasteiger partial charge in [0.15, 0.2) is 0 Å².